The number of H-pyrrole nitrogens is 2. The van der Waals surface area contributed by atoms with Crippen molar-refractivity contribution in [3.8, 4) is 11.3 Å². The molecule has 0 aliphatic rings. The van der Waals surface area contributed by atoms with Gasteiger partial charge >= 0.3 is 0 Å². The molecule has 0 saturated carbocycles. The van der Waals surface area contributed by atoms with Gasteiger partial charge < -0.3 is 4.98 Å². The van der Waals surface area contributed by atoms with Crippen LogP contribution in [-0.2, 0) is 0 Å². The third-order valence-electron chi connectivity index (χ3n) is 2.15. The Hall–Kier alpha value is -2.28. The number of para-hydroxylation sites is 1. The van der Waals surface area contributed by atoms with Crippen LogP contribution in [0.15, 0.2) is 35.1 Å². The van der Waals surface area contributed by atoms with E-state index in [0.29, 0.717) is 11.3 Å². The Morgan fingerprint density at radius 2 is 1.94 bits per heavy atom. The summed E-state index contributed by atoms with van der Waals surface area (Å²) >= 11 is 4.82. The topological polar surface area (TPSA) is 91.8 Å². The molecule has 0 spiro atoms. The Kier molecular flexibility index (Phi) is 2.84. The number of benzene rings is 1. The van der Waals surface area contributed by atoms with Gasteiger partial charge in [-0.2, -0.15) is 0 Å². The average Bonchev–Trinajstić information content (AvgIpc) is 2.27. The second kappa shape index (κ2) is 4.30. The quantitative estimate of drug-likeness (QED) is 0.483. The Morgan fingerprint density at radius 1 is 1.24 bits per heavy atom. The number of aromatic amines is 2. The zero-order chi connectivity index (χ0) is 12.4. The van der Waals surface area contributed by atoms with E-state index in [-0.39, 0.29) is 10.5 Å². The lowest BCUT2D eigenvalue weighted by molar-refractivity contribution is -0.384. The molecule has 0 radical (unpaired) electrons. The van der Waals surface area contributed by atoms with Gasteiger partial charge in [-0.15, -0.1) is 0 Å². The van der Waals surface area contributed by atoms with Crippen molar-refractivity contribution in [2.24, 2.45) is 0 Å². The van der Waals surface area contributed by atoms with Crippen LogP contribution < -0.4 is 5.56 Å². The first-order chi connectivity index (χ1) is 8.08. The summed E-state index contributed by atoms with van der Waals surface area (Å²) in [4.78, 5) is 26.7. The number of nitrogens with zero attached hydrogens (tertiary/aromatic N) is 1. The standard InChI is InChI=1S/C10H7N3O3S/c14-9-5-7(11-10(17)12-9)6-3-1-2-4-8(6)13(15)16/h1-5H,(H2,11,12,14,17). The fourth-order valence-corrected chi connectivity index (χ4v) is 1.68. The molecular formula is C10H7N3O3S. The summed E-state index contributed by atoms with van der Waals surface area (Å²) in [5.74, 6) is 0. The number of rotatable bonds is 2. The highest BCUT2D eigenvalue weighted by Gasteiger charge is 2.14. The molecule has 2 N–H and O–H groups in total. The van der Waals surface area contributed by atoms with Crippen molar-refractivity contribution in [3.05, 3.63) is 55.6 Å². The van der Waals surface area contributed by atoms with Crippen molar-refractivity contribution in [2.75, 3.05) is 0 Å². The number of nitro groups is 1. The van der Waals surface area contributed by atoms with Gasteiger partial charge in [-0.1, -0.05) is 12.1 Å². The lowest BCUT2D eigenvalue weighted by Gasteiger charge is -2.02. The van der Waals surface area contributed by atoms with Crippen molar-refractivity contribution < 1.29 is 4.92 Å². The first-order valence-electron chi connectivity index (χ1n) is 4.65. The molecule has 0 saturated heterocycles. The maximum Gasteiger partial charge on any atom is 0.278 e. The van der Waals surface area contributed by atoms with Gasteiger partial charge in [-0.3, -0.25) is 19.9 Å². The molecule has 1 aromatic heterocycles. The van der Waals surface area contributed by atoms with E-state index in [0.717, 1.165) is 0 Å². The van der Waals surface area contributed by atoms with Crippen molar-refractivity contribution in [1.29, 1.82) is 0 Å². The molecule has 0 fully saturated rings. The minimum Gasteiger partial charge on any atom is -0.332 e. The normalized spacial score (nSPS) is 10.1. The molecular weight excluding hydrogens is 242 g/mol. The summed E-state index contributed by atoms with van der Waals surface area (Å²) in [5.41, 5.74) is 0.173. The SMILES string of the molecule is O=c1cc(-c2ccccc2[N+](=O)[O-])[nH]c(=S)[nH]1. The number of hydrogen-bond donors (Lipinski definition) is 2. The second-order valence-electron chi connectivity index (χ2n) is 3.28. The molecule has 1 aromatic carbocycles. The van der Waals surface area contributed by atoms with Crippen LogP contribution in [0.4, 0.5) is 5.69 Å². The Bertz CT molecular complexity index is 661. The van der Waals surface area contributed by atoms with Gasteiger partial charge in [0.15, 0.2) is 4.77 Å². The predicted molar refractivity (Wildman–Crippen MR) is 64.3 cm³/mol. The van der Waals surface area contributed by atoms with Crippen molar-refractivity contribution in [1.82, 2.24) is 9.97 Å². The van der Waals surface area contributed by atoms with Crippen molar-refractivity contribution in [3.63, 3.8) is 0 Å². The number of nitro benzene ring substituents is 1. The van der Waals surface area contributed by atoms with Crippen LogP contribution in [0.2, 0.25) is 0 Å². The predicted octanol–water partition coefficient (Wildman–Crippen LogP) is 2.01. The summed E-state index contributed by atoms with van der Waals surface area (Å²) in [6, 6.07) is 7.37. The van der Waals surface area contributed by atoms with Gasteiger partial charge in [-0.25, -0.2) is 0 Å². The van der Waals surface area contributed by atoms with Gasteiger partial charge in [0.2, 0.25) is 0 Å². The fourth-order valence-electron chi connectivity index (χ4n) is 1.47. The molecule has 0 aliphatic carbocycles. The van der Waals surface area contributed by atoms with Crippen LogP contribution in [0.25, 0.3) is 11.3 Å². The van der Waals surface area contributed by atoms with Crippen molar-refractivity contribution >= 4 is 17.9 Å². The lowest BCUT2D eigenvalue weighted by Crippen LogP contribution is -2.06. The van der Waals surface area contributed by atoms with Crippen molar-refractivity contribution in [2.45, 2.75) is 0 Å². The van der Waals surface area contributed by atoms with Crippen LogP contribution in [0.3, 0.4) is 0 Å². The zero-order valence-corrected chi connectivity index (χ0v) is 9.28. The van der Waals surface area contributed by atoms with Gasteiger partial charge in [0.05, 0.1) is 16.2 Å². The number of aromatic nitrogens is 2. The van der Waals surface area contributed by atoms with E-state index >= 15 is 0 Å². The van der Waals surface area contributed by atoms with Gasteiger partial charge in [0.25, 0.3) is 11.2 Å². The minimum atomic E-state index is -0.507. The summed E-state index contributed by atoms with van der Waals surface area (Å²) in [6.07, 6.45) is 0. The monoisotopic (exact) mass is 249 g/mol. The molecule has 1 heterocycles. The molecule has 7 heteroatoms. The van der Waals surface area contributed by atoms with E-state index in [9.17, 15) is 14.9 Å². The Morgan fingerprint density at radius 3 is 2.59 bits per heavy atom. The smallest absolute Gasteiger partial charge is 0.278 e. The summed E-state index contributed by atoms with van der Waals surface area (Å²) in [6.45, 7) is 0. The molecule has 0 bridgehead atoms. The lowest BCUT2D eigenvalue weighted by atomic mass is 10.1. The second-order valence-corrected chi connectivity index (χ2v) is 3.68. The summed E-state index contributed by atoms with van der Waals surface area (Å²) in [5, 5.41) is 10.8. The third-order valence-corrected chi connectivity index (χ3v) is 2.36. The van der Waals surface area contributed by atoms with Gasteiger partial charge in [0.1, 0.15) is 0 Å². The molecule has 0 amide bonds. The largest absolute Gasteiger partial charge is 0.332 e. The van der Waals surface area contributed by atoms with Crippen LogP contribution in [0.1, 0.15) is 0 Å². The Balaban J connectivity index is 2.72. The molecule has 17 heavy (non-hydrogen) atoms. The number of nitrogens with one attached hydrogen (secondary N) is 2. The van der Waals surface area contributed by atoms with E-state index in [2.05, 4.69) is 9.97 Å². The Labute approximate surface area is 100 Å². The molecule has 0 unspecified atom stereocenters. The van der Waals surface area contributed by atoms with Crippen LogP contribution in [0, 0.1) is 14.9 Å². The van der Waals surface area contributed by atoms with E-state index in [4.69, 9.17) is 12.2 Å². The number of hydrogen-bond acceptors (Lipinski definition) is 4. The molecule has 2 rings (SSSR count). The highest BCUT2D eigenvalue weighted by Crippen LogP contribution is 2.26. The highest BCUT2D eigenvalue weighted by molar-refractivity contribution is 7.71. The van der Waals surface area contributed by atoms with E-state index in [1.807, 2.05) is 0 Å². The highest BCUT2D eigenvalue weighted by atomic mass is 32.1. The first kappa shape index (κ1) is 11.2. The van der Waals surface area contributed by atoms with Crippen LogP contribution in [0.5, 0.6) is 0 Å². The van der Waals surface area contributed by atoms with E-state index < -0.39 is 10.5 Å². The van der Waals surface area contributed by atoms with E-state index in [1.165, 1.54) is 12.1 Å². The molecule has 2 aromatic rings. The fraction of sp³-hybridized carbons (Fsp3) is 0. The average molecular weight is 249 g/mol. The van der Waals surface area contributed by atoms with Gasteiger partial charge in [0, 0.05) is 12.1 Å². The van der Waals surface area contributed by atoms with E-state index in [1.54, 1.807) is 18.2 Å². The maximum atomic E-state index is 11.3. The molecule has 86 valence electrons. The molecule has 0 aliphatic heterocycles. The summed E-state index contributed by atoms with van der Waals surface area (Å²) in [7, 11) is 0. The third kappa shape index (κ3) is 2.28. The van der Waals surface area contributed by atoms with Crippen LogP contribution in [-0.4, -0.2) is 14.9 Å². The molecule has 0 atom stereocenters. The first-order valence-corrected chi connectivity index (χ1v) is 5.06. The summed E-state index contributed by atoms with van der Waals surface area (Å²) < 4.78 is 0.130. The molecule has 6 nitrogen and oxygen atoms in total. The van der Waals surface area contributed by atoms with Gasteiger partial charge in [-0.05, 0) is 18.3 Å². The minimum absolute atomic E-state index is 0.0799. The van der Waals surface area contributed by atoms with Crippen LogP contribution >= 0.6 is 12.2 Å². The maximum absolute atomic E-state index is 11.3. The zero-order valence-electron chi connectivity index (χ0n) is 8.47.